The van der Waals surface area contributed by atoms with Crippen molar-refractivity contribution in [3.63, 3.8) is 0 Å². The average molecular weight is 419 g/mol. The molecule has 0 amide bonds. The van der Waals surface area contributed by atoms with Crippen LogP contribution in [0.2, 0.25) is 0 Å². The van der Waals surface area contributed by atoms with Crippen LogP contribution in [0.25, 0.3) is 10.1 Å². The van der Waals surface area contributed by atoms with Crippen molar-refractivity contribution in [2.45, 2.75) is 58.4 Å². The van der Waals surface area contributed by atoms with Crippen LogP contribution in [0.1, 0.15) is 62.0 Å². The number of nitro groups is 1. The Labute approximate surface area is 176 Å². The number of benzene rings is 1. The number of non-ortho nitro benzene ring substituents is 1. The summed E-state index contributed by atoms with van der Waals surface area (Å²) in [6, 6.07) is 3.43. The third-order valence-corrected chi connectivity index (χ3v) is 6.10. The average Bonchev–Trinajstić information content (AvgIpc) is 3.07. The normalized spacial score (nSPS) is 12.4. The Morgan fingerprint density at radius 3 is 2.62 bits per heavy atom. The summed E-state index contributed by atoms with van der Waals surface area (Å²) in [5.74, 6) is 0. The maximum Gasteiger partial charge on any atom is 0.287 e. The molecule has 8 heteroatoms. The summed E-state index contributed by atoms with van der Waals surface area (Å²) in [5.41, 5.74) is 1.40. The third kappa shape index (κ3) is 5.53. The van der Waals surface area contributed by atoms with Crippen molar-refractivity contribution in [2.24, 2.45) is 4.99 Å². The number of rotatable bonds is 12. The van der Waals surface area contributed by atoms with Crippen molar-refractivity contribution in [3.8, 4) is 0 Å². The summed E-state index contributed by atoms with van der Waals surface area (Å²) in [7, 11) is 3.75. The molecule has 2 aromatic rings. The molecule has 0 bridgehead atoms. The van der Waals surface area contributed by atoms with Crippen molar-refractivity contribution in [2.75, 3.05) is 24.3 Å². The van der Waals surface area contributed by atoms with Crippen LogP contribution in [-0.2, 0) is 0 Å². The lowest BCUT2D eigenvalue weighted by Gasteiger charge is -2.15. The van der Waals surface area contributed by atoms with E-state index in [2.05, 4.69) is 24.2 Å². The molecule has 1 aromatic carbocycles. The molecule has 0 radical (unpaired) electrons. The molecule has 0 aliphatic carbocycles. The Kier molecular flexibility index (Phi) is 8.57. The van der Waals surface area contributed by atoms with Crippen molar-refractivity contribution in [1.82, 2.24) is 0 Å². The first-order valence-electron chi connectivity index (χ1n) is 10.1. The third-order valence-electron chi connectivity index (χ3n) is 4.97. The van der Waals surface area contributed by atoms with E-state index in [0.717, 1.165) is 42.6 Å². The number of carbonyl (C=O) groups excluding carboxylic acids is 1. The van der Waals surface area contributed by atoms with Gasteiger partial charge in [0, 0.05) is 31.2 Å². The molecule has 2 rings (SSSR count). The van der Waals surface area contributed by atoms with Gasteiger partial charge in [-0.3, -0.25) is 19.9 Å². The topological polar surface area (TPSA) is 87.8 Å². The number of aliphatic imine (C=N–C) groups is 1. The van der Waals surface area contributed by atoms with E-state index in [9.17, 15) is 14.9 Å². The van der Waals surface area contributed by atoms with Gasteiger partial charge < -0.3 is 10.2 Å². The maximum atomic E-state index is 11.7. The van der Waals surface area contributed by atoms with Crippen molar-refractivity contribution in [3.05, 3.63) is 27.1 Å². The van der Waals surface area contributed by atoms with Gasteiger partial charge in [-0.15, -0.1) is 11.3 Å². The second kappa shape index (κ2) is 10.9. The molecule has 0 spiro atoms. The number of anilines is 2. The van der Waals surface area contributed by atoms with Crippen LogP contribution in [-0.4, -0.2) is 37.7 Å². The fraction of sp³-hybridized carbons (Fsp3) is 0.524. The van der Waals surface area contributed by atoms with E-state index < -0.39 is 4.92 Å². The Hall–Kier alpha value is -2.48. The van der Waals surface area contributed by atoms with Gasteiger partial charge in [0.2, 0.25) is 0 Å². The predicted molar refractivity (Wildman–Crippen MR) is 123 cm³/mol. The largest absolute Gasteiger partial charge is 0.377 e. The number of aldehydes is 1. The van der Waals surface area contributed by atoms with Crippen LogP contribution in [0, 0.1) is 10.1 Å². The zero-order valence-electron chi connectivity index (χ0n) is 17.6. The van der Waals surface area contributed by atoms with E-state index in [1.807, 2.05) is 19.0 Å². The molecule has 7 nitrogen and oxygen atoms in total. The van der Waals surface area contributed by atoms with Gasteiger partial charge >= 0.3 is 0 Å². The lowest BCUT2D eigenvalue weighted by molar-refractivity contribution is -0.382. The Morgan fingerprint density at radius 1 is 1.28 bits per heavy atom. The van der Waals surface area contributed by atoms with Gasteiger partial charge in [-0.2, -0.15) is 0 Å². The number of nitro benzene ring substituents is 1. The molecule has 0 saturated heterocycles. The van der Waals surface area contributed by atoms with Crippen LogP contribution >= 0.6 is 11.3 Å². The fourth-order valence-corrected chi connectivity index (χ4v) is 4.42. The highest BCUT2D eigenvalue weighted by Gasteiger charge is 2.23. The molecule has 1 atom stereocenters. The minimum Gasteiger partial charge on any atom is -0.377 e. The van der Waals surface area contributed by atoms with Crippen LogP contribution in [0.4, 0.5) is 17.1 Å². The lowest BCUT2D eigenvalue weighted by atomic mass is 10.1. The predicted octanol–water partition coefficient (Wildman–Crippen LogP) is 5.88. The Bertz CT molecular complexity index is 876. The maximum absolute atomic E-state index is 11.7. The van der Waals surface area contributed by atoms with Crippen LogP contribution in [0.15, 0.2) is 17.1 Å². The first-order chi connectivity index (χ1) is 13.9. The highest BCUT2D eigenvalue weighted by molar-refractivity contribution is 7.22. The number of hydrogen-bond donors (Lipinski definition) is 1. The Morgan fingerprint density at radius 2 is 2.03 bits per heavy atom. The monoisotopic (exact) mass is 418 g/mol. The second-order valence-electron chi connectivity index (χ2n) is 7.25. The van der Waals surface area contributed by atoms with Crippen LogP contribution < -0.4 is 10.2 Å². The van der Waals surface area contributed by atoms with Crippen LogP contribution in [0.5, 0.6) is 0 Å². The standard InChI is InChI=1S/C21H30N4O3S/c1-5-7-8-9-10-15(6-2)22-14-23-20-18(13-26)29-21-17(25(27)28)12-11-16(19(20)21)24(3)4/h11-15H,5-10H2,1-4H3,(H,22,23). The molecule has 1 aromatic heterocycles. The summed E-state index contributed by atoms with van der Waals surface area (Å²) in [6.07, 6.45) is 9.19. The quantitative estimate of drug-likeness (QED) is 0.116. The molecule has 0 aliphatic heterocycles. The van der Waals surface area contributed by atoms with E-state index in [-0.39, 0.29) is 11.7 Å². The van der Waals surface area contributed by atoms with Crippen molar-refractivity contribution in [1.29, 1.82) is 0 Å². The van der Waals surface area contributed by atoms with Gasteiger partial charge in [-0.1, -0.05) is 39.5 Å². The first kappa shape index (κ1) is 22.8. The van der Waals surface area contributed by atoms with Gasteiger partial charge in [0.25, 0.3) is 5.69 Å². The number of unbranched alkanes of at least 4 members (excludes halogenated alkanes) is 3. The van der Waals surface area contributed by atoms with E-state index in [4.69, 9.17) is 0 Å². The molecular weight excluding hydrogens is 388 g/mol. The lowest BCUT2D eigenvalue weighted by Crippen LogP contribution is -2.10. The fourth-order valence-electron chi connectivity index (χ4n) is 3.33. The number of thiophene rings is 1. The van der Waals surface area contributed by atoms with E-state index in [1.165, 1.54) is 25.3 Å². The van der Waals surface area contributed by atoms with E-state index >= 15 is 0 Å². The minimum atomic E-state index is -0.409. The summed E-state index contributed by atoms with van der Waals surface area (Å²) in [4.78, 5) is 29.7. The summed E-state index contributed by atoms with van der Waals surface area (Å²) < 4.78 is 0.491. The SMILES string of the molecule is CCCCCCC(CC)N=CNc1c(C=O)sc2c([N+](=O)[O-])ccc(N(C)C)c12. The first-order valence-corrected chi connectivity index (χ1v) is 10.9. The molecule has 1 N–H and O–H groups in total. The molecule has 0 fully saturated rings. The zero-order valence-corrected chi connectivity index (χ0v) is 18.4. The summed E-state index contributed by atoms with van der Waals surface area (Å²) in [6.45, 7) is 4.31. The molecule has 158 valence electrons. The molecule has 0 aliphatic rings. The summed E-state index contributed by atoms with van der Waals surface area (Å²) in [5, 5.41) is 15.3. The van der Waals surface area contributed by atoms with E-state index in [1.54, 1.807) is 12.4 Å². The second-order valence-corrected chi connectivity index (χ2v) is 8.30. The summed E-state index contributed by atoms with van der Waals surface area (Å²) >= 11 is 1.13. The van der Waals surface area contributed by atoms with E-state index in [0.29, 0.717) is 20.7 Å². The number of fused-ring (bicyclic) bond motifs is 1. The number of carbonyl (C=O) groups is 1. The van der Waals surface area contributed by atoms with Gasteiger partial charge in [0.15, 0.2) is 6.29 Å². The minimum absolute atomic E-state index is 0.00560. The molecule has 0 saturated carbocycles. The van der Waals surface area contributed by atoms with Crippen LogP contribution in [0.3, 0.4) is 0 Å². The molecule has 1 unspecified atom stereocenters. The van der Waals surface area contributed by atoms with Gasteiger partial charge in [-0.25, -0.2) is 0 Å². The highest BCUT2D eigenvalue weighted by Crippen LogP contribution is 2.44. The van der Waals surface area contributed by atoms with Gasteiger partial charge in [-0.05, 0) is 18.9 Å². The number of hydrogen-bond acceptors (Lipinski definition) is 6. The number of nitrogens with one attached hydrogen (secondary N) is 1. The number of nitrogens with zero attached hydrogens (tertiary/aromatic N) is 3. The van der Waals surface area contributed by atoms with Crippen molar-refractivity contribution >= 4 is 51.1 Å². The van der Waals surface area contributed by atoms with Crippen molar-refractivity contribution < 1.29 is 9.72 Å². The highest BCUT2D eigenvalue weighted by atomic mass is 32.1. The van der Waals surface area contributed by atoms with Gasteiger partial charge in [0.05, 0.1) is 27.9 Å². The molecule has 29 heavy (non-hydrogen) atoms. The molecule has 1 heterocycles. The zero-order chi connectivity index (χ0) is 21.4. The van der Waals surface area contributed by atoms with Gasteiger partial charge in [0.1, 0.15) is 4.70 Å². The molecular formula is C21H30N4O3S. The smallest absolute Gasteiger partial charge is 0.287 e. The Balaban J connectivity index is 2.35.